The average molecular weight is 168 g/mol. The van der Waals surface area contributed by atoms with E-state index in [1.807, 2.05) is 12.3 Å². The van der Waals surface area contributed by atoms with Crippen LogP contribution in [0.2, 0.25) is 0 Å². The predicted octanol–water partition coefficient (Wildman–Crippen LogP) is -1.64. The van der Waals surface area contributed by atoms with Gasteiger partial charge in [0.1, 0.15) is 0 Å². The summed E-state index contributed by atoms with van der Waals surface area (Å²) >= 11 is 0. The van der Waals surface area contributed by atoms with E-state index < -0.39 is 6.03 Å². The van der Waals surface area contributed by atoms with Crippen LogP contribution in [0.4, 0.5) is 4.79 Å². The van der Waals surface area contributed by atoms with Gasteiger partial charge >= 0.3 is 35.6 Å². The van der Waals surface area contributed by atoms with Crippen molar-refractivity contribution in [2.45, 2.75) is 13.3 Å². The van der Waals surface area contributed by atoms with Crippen LogP contribution in [0.15, 0.2) is 5.11 Å². The van der Waals surface area contributed by atoms with Gasteiger partial charge in [-0.05, 0) is 6.42 Å². The van der Waals surface area contributed by atoms with Crippen molar-refractivity contribution in [1.29, 1.82) is 5.53 Å². The molecule has 0 atom stereocenters. The zero-order valence-electron chi connectivity index (χ0n) is 6.63. The van der Waals surface area contributed by atoms with Crippen LogP contribution < -0.4 is 35.0 Å². The summed E-state index contributed by atoms with van der Waals surface area (Å²) < 4.78 is 0. The number of hydrogen-bond donors (Lipinski definition) is 2. The molecule has 0 saturated carbocycles. The summed E-state index contributed by atoms with van der Waals surface area (Å²) in [6.07, 6.45) is 0.817. The average Bonchev–Trinajstić information content (AvgIpc) is 1.98. The van der Waals surface area contributed by atoms with E-state index in [1.165, 1.54) is 0 Å². The molecule has 0 unspecified atom stereocenters. The molecule has 0 fully saturated rings. The molecule has 7 heteroatoms. The molecule has 0 aliphatic carbocycles. The van der Waals surface area contributed by atoms with Crippen molar-refractivity contribution < 1.29 is 39.2 Å². The van der Waals surface area contributed by atoms with Crippen LogP contribution in [-0.2, 0) is 4.84 Å². The quantitative estimate of drug-likeness (QED) is 0.228. The molecule has 0 aromatic rings. The topological polar surface area (TPSA) is 88.6 Å². The third kappa shape index (κ3) is 9.99. The molecule has 58 valence electrons. The van der Waals surface area contributed by atoms with Gasteiger partial charge < -0.3 is 15.9 Å². The largest absolute Gasteiger partial charge is 1.00 e. The first kappa shape index (κ1) is 13.6. The third-order valence-electron chi connectivity index (χ3n) is 0.603. The number of carbonyl (C=O) groups excluding carboxylic acids is 1. The number of rotatable bonds is 4. The van der Waals surface area contributed by atoms with Gasteiger partial charge in [0.2, 0.25) is 0 Å². The molecule has 0 aliphatic rings. The number of nitrogens with one attached hydrogen (secondary N) is 2. The Morgan fingerprint density at radius 2 is 2.45 bits per heavy atom. The molecule has 2 N–H and O–H groups in total. The van der Waals surface area contributed by atoms with Crippen LogP contribution in [0.25, 0.3) is 5.59 Å². The van der Waals surface area contributed by atoms with E-state index in [4.69, 9.17) is 5.53 Å². The van der Waals surface area contributed by atoms with Crippen molar-refractivity contribution >= 4 is 6.03 Å². The normalized spacial score (nSPS) is 8.09. The Balaban J connectivity index is 0. The minimum absolute atomic E-state index is 0. The standard InChI is InChI=1S/C4H10N4O2.Na/c1-2-3-10-8-7-4(9)6-5;/h2-3H2,1H3,(H3,5,6,7,8,9);/q;+1/p-1. The van der Waals surface area contributed by atoms with E-state index in [0.29, 0.717) is 6.61 Å². The van der Waals surface area contributed by atoms with Crippen molar-refractivity contribution in [1.82, 2.24) is 5.43 Å². The van der Waals surface area contributed by atoms with Crippen molar-refractivity contribution in [3.05, 3.63) is 5.59 Å². The summed E-state index contributed by atoms with van der Waals surface area (Å²) in [6.45, 7) is 2.35. The second-order valence-corrected chi connectivity index (χ2v) is 1.45. The van der Waals surface area contributed by atoms with E-state index in [-0.39, 0.29) is 29.6 Å². The van der Waals surface area contributed by atoms with E-state index in [2.05, 4.69) is 15.5 Å². The summed E-state index contributed by atoms with van der Waals surface area (Å²) in [5.41, 5.74) is 11.2. The number of nitrogens with zero attached hydrogens (tertiary/aromatic N) is 2. The molecule has 0 heterocycles. The first-order chi connectivity index (χ1) is 4.81. The second kappa shape index (κ2) is 9.99. The predicted molar refractivity (Wildman–Crippen MR) is 33.3 cm³/mol. The first-order valence-electron chi connectivity index (χ1n) is 2.80. The number of urea groups is 1. The van der Waals surface area contributed by atoms with E-state index >= 15 is 0 Å². The first-order valence-corrected chi connectivity index (χ1v) is 2.80. The molecule has 0 spiro atoms. The molecule has 0 aliphatic heterocycles. The van der Waals surface area contributed by atoms with Crippen LogP contribution in [-0.4, -0.2) is 12.6 Å². The van der Waals surface area contributed by atoms with Gasteiger partial charge in [-0.2, -0.15) is 5.53 Å². The zero-order valence-corrected chi connectivity index (χ0v) is 8.63. The fraction of sp³-hybridized carbons (Fsp3) is 0.750. The van der Waals surface area contributed by atoms with Crippen LogP contribution in [0.1, 0.15) is 13.3 Å². The van der Waals surface area contributed by atoms with Gasteiger partial charge in [-0.15, -0.1) is 5.11 Å². The van der Waals surface area contributed by atoms with Crippen LogP contribution >= 0.6 is 0 Å². The summed E-state index contributed by atoms with van der Waals surface area (Å²) in [6, 6.07) is -0.837. The smallest absolute Gasteiger partial charge is 0.467 e. The Hall–Kier alpha value is -0.0100. The maximum Gasteiger partial charge on any atom is 1.00 e. The van der Waals surface area contributed by atoms with E-state index in [1.54, 1.807) is 0 Å². The van der Waals surface area contributed by atoms with Crippen molar-refractivity contribution in [2.75, 3.05) is 6.61 Å². The number of carbonyl (C=O) groups is 1. The van der Waals surface area contributed by atoms with Gasteiger partial charge in [-0.3, -0.25) is 0 Å². The van der Waals surface area contributed by atoms with Gasteiger partial charge in [0, 0.05) is 6.61 Å². The third-order valence-corrected chi connectivity index (χ3v) is 0.603. The molecule has 6 nitrogen and oxygen atoms in total. The SMILES string of the molecule is CCCO[N-]NC(=O)N=N.[Na+]. The summed E-state index contributed by atoms with van der Waals surface area (Å²) in [5.74, 6) is 0. The van der Waals surface area contributed by atoms with Gasteiger partial charge in [0.25, 0.3) is 0 Å². The maximum atomic E-state index is 10.1. The summed E-state index contributed by atoms with van der Waals surface area (Å²) in [4.78, 5) is 14.6. The van der Waals surface area contributed by atoms with Gasteiger partial charge in [-0.25, -0.2) is 4.79 Å². The number of amides is 2. The molecular weight excluding hydrogens is 159 g/mol. The van der Waals surface area contributed by atoms with Gasteiger partial charge in [0.15, 0.2) is 0 Å². The Kier molecular flexibility index (Phi) is 12.3. The second-order valence-electron chi connectivity index (χ2n) is 1.45. The summed E-state index contributed by atoms with van der Waals surface area (Å²) in [7, 11) is 0. The Morgan fingerprint density at radius 3 is 2.91 bits per heavy atom. The molecule has 0 radical (unpaired) electrons. The van der Waals surface area contributed by atoms with Crippen molar-refractivity contribution in [2.24, 2.45) is 5.11 Å². The molecule has 0 aromatic heterocycles. The van der Waals surface area contributed by atoms with Crippen LogP contribution in [0, 0.1) is 5.53 Å². The Morgan fingerprint density at radius 1 is 1.82 bits per heavy atom. The molecule has 0 saturated heterocycles. The van der Waals surface area contributed by atoms with E-state index in [0.717, 1.165) is 6.42 Å². The molecule has 0 bridgehead atoms. The van der Waals surface area contributed by atoms with Crippen LogP contribution in [0.5, 0.6) is 0 Å². The van der Waals surface area contributed by atoms with E-state index in [9.17, 15) is 4.79 Å². The fourth-order valence-corrected chi connectivity index (χ4v) is 0.233. The van der Waals surface area contributed by atoms with Crippen molar-refractivity contribution in [3.63, 3.8) is 0 Å². The number of hydrogen-bond acceptors (Lipinski definition) is 3. The minimum Gasteiger partial charge on any atom is -0.467 e. The van der Waals surface area contributed by atoms with Crippen molar-refractivity contribution in [3.8, 4) is 0 Å². The molecule has 11 heavy (non-hydrogen) atoms. The molecular formula is C4H9N4NaO2. The molecule has 2 amide bonds. The zero-order chi connectivity index (χ0) is 7.82. The Labute approximate surface area is 86.8 Å². The summed E-state index contributed by atoms with van der Waals surface area (Å²) in [5, 5.41) is 2.51. The molecule has 0 aromatic carbocycles. The maximum absolute atomic E-state index is 10.1. The molecule has 0 rings (SSSR count). The van der Waals surface area contributed by atoms with Gasteiger partial charge in [0.05, 0.1) is 0 Å². The van der Waals surface area contributed by atoms with Crippen LogP contribution in [0.3, 0.4) is 0 Å². The minimum atomic E-state index is -0.837. The van der Waals surface area contributed by atoms with Gasteiger partial charge in [-0.1, -0.05) is 6.92 Å². The fourth-order valence-electron chi connectivity index (χ4n) is 0.233. The Bertz CT molecular complexity index is 121. The monoisotopic (exact) mass is 168 g/mol.